The molecule has 0 saturated carbocycles. The SMILES string of the molecule is CCCNC(=O)c1ccc(C)c(N(C(=O)OCOC(=O)C(C)O)c2ncnn3cc(C(=O)NCCC)c(C)c23)c1. The average molecular weight is 555 g/mol. The molecule has 2 aromatic heterocycles. The van der Waals surface area contributed by atoms with Gasteiger partial charge in [-0.15, -0.1) is 0 Å². The molecular weight excluding hydrogens is 520 g/mol. The largest absolute Gasteiger partial charge is 0.426 e. The molecule has 0 fully saturated rings. The summed E-state index contributed by atoms with van der Waals surface area (Å²) in [6, 6.07) is 4.83. The van der Waals surface area contributed by atoms with Gasteiger partial charge in [0, 0.05) is 24.8 Å². The lowest BCUT2D eigenvalue weighted by atomic mass is 10.1. The molecule has 0 radical (unpaired) electrons. The zero-order valence-corrected chi connectivity index (χ0v) is 23.2. The van der Waals surface area contributed by atoms with E-state index in [2.05, 4.69) is 20.7 Å². The first-order chi connectivity index (χ1) is 19.1. The molecule has 40 heavy (non-hydrogen) atoms. The van der Waals surface area contributed by atoms with Crippen molar-refractivity contribution < 1.29 is 33.8 Å². The lowest BCUT2D eigenvalue weighted by Crippen LogP contribution is -2.31. The number of benzene rings is 1. The van der Waals surface area contributed by atoms with Gasteiger partial charge in [0.25, 0.3) is 11.8 Å². The third kappa shape index (κ3) is 6.72. The number of amides is 3. The maximum atomic E-state index is 13.5. The lowest BCUT2D eigenvalue weighted by Gasteiger charge is -2.24. The van der Waals surface area contributed by atoms with E-state index in [1.54, 1.807) is 26.0 Å². The molecule has 0 saturated heterocycles. The molecule has 214 valence electrons. The van der Waals surface area contributed by atoms with Crippen LogP contribution in [0, 0.1) is 13.8 Å². The van der Waals surface area contributed by atoms with Crippen molar-refractivity contribution in [1.29, 1.82) is 0 Å². The first-order valence-electron chi connectivity index (χ1n) is 12.9. The number of ether oxygens (including phenoxy) is 2. The number of aliphatic hydroxyl groups is 1. The van der Waals surface area contributed by atoms with Crippen molar-refractivity contribution in [3.8, 4) is 0 Å². The number of aliphatic hydroxyl groups excluding tert-OH is 1. The Hall–Kier alpha value is -4.52. The van der Waals surface area contributed by atoms with Gasteiger partial charge < -0.3 is 25.2 Å². The number of carbonyl (C=O) groups excluding carboxylic acids is 4. The minimum atomic E-state index is -1.41. The summed E-state index contributed by atoms with van der Waals surface area (Å²) in [6.07, 6.45) is 1.87. The smallest absolute Gasteiger partial charge is 0.423 e. The Morgan fingerprint density at radius 1 is 1.05 bits per heavy atom. The van der Waals surface area contributed by atoms with Crippen molar-refractivity contribution >= 4 is 40.9 Å². The standard InChI is InChI=1S/C27H34N6O7/c1-6-10-28-24(35)19-9-8-16(3)21(12-19)33(27(38)40-15-39-26(37)18(5)34)23-22-17(4)20(25(36)29-11-7-2)13-32(22)31-14-30-23/h8-9,12-14,18,34H,6-7,10-11,15H2,1-5H3,(H,28,35)(H,29,36). The number of nitrogens with zero attached hydrogens (tertiary/aromatic N) is 4. The van der Waals surface area contributed by atoms with Crippen molar-refractivity contribution in [2.75, 3.05) is 24.8 Å². The van der Waals surface area contributed by atoms with Crippen molar-refractivity contribution in [3.63, 3.8) is 0 Å². The molecular formula is C27H34N6O7. The van der Waals surface area contributed by atoms with E-state index in [1.165, 1.54) is 30.0 Å². The maximum absolute atomic E-state index is 13.5. The van der Waals surface area contributed by atoms with Crippen molar-refractivity contribution in [3.05, 3.63) is 53.0 Å². The maximum Gasteiger partial charge on any atom is 0.423 e. The van der Waals surface area contributed by atoms with E-state index in [0.29, 0.717) is 40.9 Å². The number of hydrogen-bond acceptors (Lipinski definition) is 9. The third-order valence-corrected chi connectivity index (χ3v) is 5.95. The molecule has 1 unspecified atom stereocenters. The normalized spacial score (nSPS) is 11.6. The summed E-state index contributed by atoms with van der Waals surface area (Å²) < 4.78 is 11.5. The highest BCUT2D eigenvalue weighted by Gasteiger charge is 2.29. The van der Waals surface area contributed by atoms with E-state index in [0.717, 1.165) is 17.7 Å². The molecule has 0 spiro atoms. The van der Waals surface area contributed by atoms with E-state index >= 15 is 0 Å². The summed E-state index contributed by atoms with van der Waals surface area (Å²) in [5.41, 5.74) is 2.38. The molecule has 0 aliphatic carbocycles. The molecule has 13 nitrogen and oxygen atoms in total. The summed E-state index contributed by atoms with van der Waals surface area (Å²) >= 11 is 0. The third-order valence-electron chi connectivity index (χ3n) is 5.95. The molecule has 2 heterocycles. The predicted octanol–water partition coefficient (Wildman–Crippen LogP) is 2.78. The molecule has 3 rings (SSSR count). The second-order valence-corrected chi connectivity index (χ2v) is 9.06. The highest BCUT2D eigenvalue weighted by atomic mass is 16.7. The first-order valence-corrected chi connectivity index (χ1v) is 12.9. The van der Waals surface area contributed by atoms with Gasteiger partial charge in [-0.2, -0.15) is 5.10 Å². The van der Waals surface area contributed by atoms with Gasteiger partial charge in [0.05, 0.1) is 11.3 Å². The number of anilines is 2. The number of nitrogens with one attached hydrogen (secondary N) is 2. The minimum Gasteiger partial charge on any atom is -0.426 e. The first kappa shape index (κ1) is 30.0. The van der Waals surface area contributed by atoms with Gasteiger partial charge in [-0.05, 0) is 56.9 Å². The fraction of sp³-hybridized carbons (Fsp3) is 0.407. The van der Waals surface area contributed by atoms with Gasteiger partial charge in [0.1, 0.15) is 17.9 Å². The zero-order chi connectivity index (χ0) is 29.4. The van der Waals surface area contributed by atoms with Crippen LogP contribution in [-0.4, -0.2) is 69.6 Å². The number of esters is 1. The molecule has 13 heteroatoms. The van der Waals surface area contributed by atoms with Crippen LogP contribution in [0.25, 0.3) is 5.52 Å². The van der Waals surface area contributed by atoms with Gasteiger partial charge in [-0.3, -0.25) is 9.59 Å². The fourth-order valence-corrected chi connectivity index (χ4v) is 3.82. The molecule has 1 aromatic carbocycles. The Kier molecular flexibility index (Phi) is 10.1. The van der Waals surface area contributed by atoms with Crippen molar-refractivity contribution in [2.24, 2.45) is 0 Å². The fourth-order valence-electron chi connectivity index (χ4n) is 3.82. The Labute approximate surface area is 231 Å². The van der Waals surface area contributed by atoms with E-state index < -0.39 is 25.0 Å². The van der Waals surface area contributed by atoms with Crippen LogP contribution in [-0.2, 0) is 14.3 Å². The lowest BCUT2D eigenvalue weighted by molar-refractivity contribution is -0.160. The van der Waals surface area contributed by atoms with Crippen LogP contribution in [0.4, 0.5) is 16.3 Å². The second kappa shape index (κ2) is 13.5. The quantitative estimate of drug-likeness (QED) is 0.239. The zero-order valence-electron chi connectivity index (χ0n) is 23.2. The number of rotatable bonds is 11. The van der Waals surface area contributed by atoms with Gasteiger partial charge in [-0.25, -0.2) is 24.0 Å². The highest BCUT2D eigenvalue weighted by Crippen LogP contribution is 2.34. The summed E-state index contributed by atoms with van der Waals surface area (Å²) in [6.45, 7) is 8.72. The van der Waals surface area contributed by atoms with E-state index in [9.17, 15) is 24.3 Å². The van der Waals surface area contributed by atoms with Gasteiger partial charge >= 0.3 is 12.1 Å². The molecule has 1 atom stereocenters. The topological polar surface area (TPSA) is 164 Å². The number of aryl methyl sites for hydroxylation is 2. The van der Waals surface area contributed by atoms with Crippen LogP contribution in [0.3, 0.4) is 0 Å². The van der Waals surface area contributed by atoms with Crippen LogP contribution in [0.15, 0.2) is 30.7 Å². The van der Waals surface area contributed by atoms with Crippen LogP contribution in [0.1, 0.15) is 65.5 Å². The number of fused-ring (bicyclic) bond motifs is 1. The van der Waals surface area contributed by atoms with E-state index in [-0.39, 0.29) is 23.3 Å². The predicted molar refractivity (Wildman–Crippen MR) is 145 cm³/mol. The molecule has 0 bridgehead atoms. The van der Waals surface area contributed by atoms with Crippen molar-refractivity contribution in [2.45, 2.75) is 53.6 Å². The molecule has 0 aliphatic rings. The Morgan fingerprint density at radius 2 is 1.73 bits per heavy atom. The number of aromatic nitrogens is 3. The monoisotopic (exact) mass is 554 g/mol. The summed E-state index contributed by atoms with van der Waals surface area (Å²) in [7, 11) is 0. The highest BCUT2D eigenvalue weighted by molar-refractivity contribution is 6.04. The Balaban J connectivity index is 2.14. The summed E-state index contributed by atoms with van der Waals surface area (Å²) in [4.78, 5) is 56.2. The second-order valence-electron chi connectivity index (χ2n) is 9.06. The Morgan fingerprint density at radius 3 is 2.38 bits per heavy atom. The number of carbonyl (C=O) groups is 4. The van der Waals surface area contributed by atoms with E-state index in [1.807, 2.05) is 13.8 Å². The van der Waals surface area contributed by atoms with Gasteiger partial charge in [-0.1, -0.05) is 19.9 Å². The Bertz CT molecular complexity index is 1400. The van der Waals surface area contributed by atoms with Crippen molar-refractivity contribution in [1.82, 2.24) is 25.2 Å². The van der Waals surface area contributed by atoms with Crippen LogP contribution < -0.4 is 15.5 Å². The number of hydrogen-bond donors (Lipinski definition) is 3. The molecule has 3 aromatic rings. The summed E-state index contributed by atoms with van der Waals surface area (Å²) in [5.74, 6) is -1.53. The summed E-state index contributed by atoms with van der Waals surface area (Å²) in [5, 5.41) is 19.2. The van der Waals surface area contributed by atoms with Gasteiger partial charge in [0.2, 0.25) is 6.79 Å². The van der Waals surface area contributed by atoms with Gasteiger partial charge in [0.15, 0.2) is 5.82 Å². The molecule has 3 N–H and O–H groups in total. The van der Waals surface area contributed by atoms with Crippen LogP contribution in [0.2, 0.25) is 0 Å². The minimum absolute atomic E-state index is 0.0723. The molecule has 0 aliphatic heterocycles. The van der Waals surface area contributed by atoms with Crippen LogP contribution in [0.5, 0.6) is 0 Å². The van der Waals surface area contributed by atoms with E-state index in [4.69, 9.17) is 9.47 Å². The van der Waals surface area contributed by atoms with Crippen LogP contribution >= 0.6 is 0 Å². The average Bonchev–Trinajstić information content (AvgIpc) is 3.28. The molecule has 3 amide bonds.